The summed E-state index contributed by atoms with van der Waals surface area (Å²) in [5.74, 6) is -0.637. The quantitative estimate of drug-likeness (QED) is 0.478. The van der Waals surface area contributed by atoms with Gasteiger partial charge in [0.15, 0.2) is 0 Å². The summed E-state index contributed by atoms with van der Waals surface area (Å²) in [4.78, 5) is 23.4. The highest BCUT2D eigenvalue weighted by Crippen LogP contribution is 2.17. The van der Waals surface area contributed by atoms with Gasteiger partial charge in [0.1, 0.15) is 6.42 Å². The molecule has 1 aliphatic carbocycles. The molecule has 0 saturated heterocycles. The first-order valence-electron chi connectivity index (χ1n) is 7.50. The van der Waals surface area contributed by atoms with Crippen molar-refractivity contribution in [2.75, 3.05) is 0 Å². The molecule has 1 aromatic rings. The number of hydrogen-bond donors (Lipinski definition) is 2. The minimum absolute atomic E-state index is 0.188. The fourth-order valence-corrected chi connectivity index (χ4v) is 2.89. The molecule has 0 aliphatic heterocycles. The van der Waals surface area contributed by atoms with E-state index in [0.717, 1.165) is 35.7 Å². The number of rotatable bonds is 5. The van der Waals surface area contributed by atoms with Crippen molar-refractivity contribution in [3.8, 4) is 0 Å². The van der Waals surface area contributed by atoms with Gasteiger partial charge >= 0.3 is 0 Å². The molecule has 0 bridgehead atoms. The van der Waals surface area contributed by atoms with E-state index in [0.29, 0.717) is 0 Å². The average molecular weight is 366 g/mol. The molecule has 118 valence electrons. The fourth-order valence-electron chi connectivity index (χ4n) is 2.48. The summed E-state index contributed by atoms with van der Waals surface area (Å²) in [5, 5.41) is 6.76. The Morgan fingerprint density at radius 2 is 2.00 bits per heavy atom. The lowest BCUT2D eigenvalue weighted by atomic mass is 9.95. The standard InChI is InChI=1S/C16H20BrN3O2/c17-13-6-4-5-12(9-13)11-18-20-16(22)10-15(21)19-14-7-2-1-3-8-14/h4-6,9,11,14H,1-3,7-8,10H2,(H,19,21)(H,20,22)/b18-11+. The molecule has 1 aromatic carbocycles. The van der Waals surface area contributed by atoms with Crippen LogP contribution >= 0.6 is 15.9 Å². The Balaban J connectivity index is 1.71. The number of nitrogens with zero attached hydrogens (tertiary/aromatic N) is 1. The first-order valence-corrected chi connectivity index (χ1v) is 8.29. The van der Waals surface area contributed by atoms with Crippen LogP contribution in [0.4, 0.5) is 0 Å². The largest absolute Gasteiger partial charge is 0.353 e. The maximum absolute atomic E-state index is 11.8. The van der Waals surface area contributed by atoms with Gasteiger partial charge in [0.05, 0.1) is 6.21 Å². The van der Waals surface area contributed by atoms with E-state index in [-0.39, 0.29) is 18.4 Å². The Labute approximate surface area is 138 Å². The Morgan fingerprint density at radius 1 is 1.23 bits per heavy atom. The van der Waals surface area contributed by atoms with Crippen LogP contribution in [-0.4, -0.2) is 24.1 Å². The summed E-state index contributed by atoms with van der Waals surface area (Å²) in [5.41, 5.74) is 3.24. The molecule has 0 radical (unpaired) electrons. The van der Waals surface area contributed by atoms with Crippen LogP contribution in [0.5, 0.6) is 0 Å². The highest BCUT2D eigenvalue weighted by Gasteiger charge is 2.17. The second-order valence-electron chi connectivity index (χ2n) is 5.43. The lowest BCUT2D eigenvalue weighted by Crippen LogP contribution is -2.38. The van der Waals surface area contributed by atoms with E-state index in [2.05, 4.69) is 31.8 Å². The van der Waals surface area contributed by atoms with Crippen LogP contribution in [0.3, 0.4) is 0 Å². The van der Waals surface area contributed by atoms with Crippen molar-refractivity contribution in [2.45, 2.75) is 44.6 Å². The minimum atomic E-state index is -0.403. The minimum Gasteiger partial charge on any atom is -0.353 e. The Kier molecular flexibility index (Phi) is 6.58. The van der Waals surface area contributed by atoms with E-state index in [4.69, 9.17) is 0 Å². The van der Waals surface area contributed by atoms with Crippen LogP contribution in [0.25, 0.3) is 0 Å². The van der Waals surface area contributed by atoms with Gasteiger partial charge in [-0.2, -0.15) is 5.10 Å². The van der Waals surface area contributed by atoms with E-state index in [9.17, 15) is 9.59 Å². The van der Waals surface area contributed by atoms with Crippen molar-refractivity contribution < 1.29 is 9.59 Å². The van der Waals surface area contributed by atoms with Gasteiger partial charge in [0, 0.05) is 10.5 Å². The summed E-state index contributed by atoms with van der Waals surface area (Å²) >= 11 is 3.36. The van der Waals surface area contributed by atoms with Crippen LogP contribution in [0.2, 0.25) is 0 Å². The van der Waals surface area contributed by atoms with E-state index >= 15 is 0 Å². The molecule has 0 spiro atoms. The van der Waals surface area contributed by atoms with E-state index < -0.39 is 5.91 Å². The van der Waals surface area contributed by atoms with Gasteiger partial charge in [-0.25, -0.2) is 5.43 Å². The highest BCUT2D eigenvalue weighted by molar-refractivity contribution is 9.10. The van der Waals surface area contributed by atoms with E-state index in [1.165, 1.54) is 6.42 Å². The normalized spacial score (nSPS) is 15.7. The average Bonchev–Trinajstić information content (AvgIpc) is 2.48. The van der Waals surface area contributed by atoms with E-state index in [1.807, 2.05) is 24.3 Å². The number of halogens is 1. The molecule has 0 unspecified atom stereocenters. The van der Waals surface area contributed by atoms with Gasteiger partial charge in [-0.05, 0) is 30.5 Å². The first kappa shape index (κ1) is 16.7. The molecular weight excluding hydrogens is 346 g/mol. The lowest BCUT2D eigenvalue weighted by Gasteiger charge is -2.22. The zero-order valence-corrected chi connectivity index (χ0v) is 13.9. The van der Waals surface area contributed by atoms with Crippen molar-refractivity contribution in [2.24, 2.45) is 5.10 Å². The van der Waals surface area contributed by atoms with Gasteiger partial charge < -0.3 is 5.32 Å². The van der Waals surface area contributed by atoms with Gasteiger partial charge in [0.2, 0.25) is 11.8 Å². The maximum atomic E-state index is 11.8. The maximum Gasteiger partial charge on any atom is 0.249 e. The zero-order chi connectivity index (χ0) is 15.8. The molecule has 6 heteroatoms. The van der Waals surface area contributed by atoms with Crippen LogP contribution in [0.15, 0.2) is 33.8 Å². The summed E-state index contributed by atoms with van der Waals surface area (Å²) in [6.07, 6.45) is 6.90. The molecule has 0 heterocycles. The van der Waals surface area contributed by atoms with Gasteiger partial charge in [-0.15, -0.1) is 0 Å². The van der Waals surface area contributed by atoms with Gasteiger partial charge in [0.25, 0.3) is 0 Å². The predicted octanol–water partition coefficient (Wildman–Crippen LogP) is 2.74. The van der Waals surface area contributed by atoms with Crippen molar-refractivity contribution in [3.63, 3.8) is 0 Å². The number of carbonyl (C=O) groups excluding carboxylic acids is 2. The van der Waals surface area contributed by atoms with Crippen molar-refractivity contribution in [1.82, 2.24) is 10.7 Å². The topological polar surface area (TPSA) is 70.6 Å². The summed E-state index contributed by atoms with van der Waals surface area (Å²) in [6, 6.07) is 7.76. The van der Waals surface area contributed by atoms with Gasteiger partial charge in [-0.3, -0.25) is 9.59 Å². The monoisotopic (exact) mass is 365 g/mol. The van der Waals surface area contributed by atoms with E-state index in [1.54, 1.807) is 6.21 Å². The number of carbonyl (C=O) groups is 2. The fraction of sp³-hybridized carbons (Fsp3) is 0.438. The van der Waals surface area contributed by atoms with Crippen LogP contribution in [-0.2, 0) is 9.59 Å². The number of nitrogens with one attached hydrogen (secondary N) is 2. The van der Waals surface area contributed by atoms with Crippen molar-refractivity contribution >= 4 is 34.0 Å². The van der Waals surface area contributed by atoms with Crippen LogP contribution in [0, 0.1) is 0 Å². The second kappa shape index (κ2) is 8.68. The SMILES string of the molecule is O=C(CC(=O)NC1CCCCC1)N/N=C/c1cccc(Br)c1. The molecular formula is C16H20BrN3O2. The third-order valence-electron chi connectivity index (χ3n) is 3.54. The number of hydrogen-bond acceptors (Lipinski definition) is 3. The summed E-state index contributed by atoms with van der Waals surface area (Å²) < 4.78 is 0.939. The number of hydrazone groups is 1. The third-order valence-corrected chi connectivity index (χ3v) is 4.04. The van der Waals surface area contributed by atoms with Crippen molar-refractivity contribution in [1.29, 1.82) is 0 Å². The lowest BCUT2D eigenvalue weighted by molar-refractivity contribution is -0.129. The molecule has 2 amide bonds. The van der Waals surface area contributed by atoms with Crippen LogP contribution < -0.4 is 10.7 Å². The summed E-state index contributed by atoms with van der Waals surface area (Å²) in [6.45, 7) is 0. The molecule has 2 rings (SSSR count). The van der Waals surface area contributed by atoms with Crippen LogP contribution in [0.1, 0.15) is 44.1 Å². The predicted molar refractivity (Wildman–Crippen MR) is 89.5 cm³/mol. The first-order chi connectivity index (χ1) is 10.6. The molecule has 0 aromatic heterocycles. The molecule has 5 nitrogen and oxygen atoms in total. The molecule has 2 N–H and O–H groups in total. The van der Waals surface area contributed by atoms with Crippen molar-refractivity contribution in [3.05, 3.63) is 34.3 Å². The molecule has 1 fully saturated rings. The van der Waals surface area contributed by atoms with Gasteiger partial charge in [-0.1, -0.05) is 47.3 Å². The Bertz CT molecular complexity index is 554. The smallest absolute Gasteiger partial charge is 0.249 e. The molecule has 1 saturated carbocycles. The second-order valence-corrected chi connectivity index (χ2v) is 6.34. The highest BCUT2D eigenvalue weighted by atomic mass is 79.9. The third kappa shape index (κ3) is 5.97. The Hall–Kier alpha value is -1.69. The molecule has 1 aliphatic rings. The zero-order valence-electron chi connectivity index (χ0n) is 12.3. The molecule has 22 heavy (non-hydrogen) atoms. The molecule has 0 atom stereocenters. The summed E-state index contributed by atoms with van der Waals surface area (Å²) in [7, 11) is 0. The number of amides is 2. The number of benzene rings is 1. The Morgan fingerprint density at radius 3 is 2.73 bits per heavy atom.